The molecule has 0 saturated heterocycles. The van der Waals surface area contributed by atoms with Gasteiger partial charge < -0.3 is 14.4 Å². The van der Waals surface area contributed by atoms with Gasteiger partial charge in [-0.15, -0.1) is 0 Å². The van der Waals surface area contributed by atoms with Crippen molar-refractivity contribution in [3.63, 3.8) is 0 Å². The van der Waals surface area contributed by atoms with Gasteiger partial charge in [0.05, 0.1) is 6.54 Å². The Morgan fingerprint density at radius 3 is 2.48 bits per heavy atom. The van der Waals surface area contributed by atoms with Crippen LogP contribution in [0.3, 0.4) is 0 Å². The Hall–Kier alpha value is -1.75. The van der Waals surface area contributed by atoms with Crippen LogP contribution in [0.2, 0.25) is 0 Å². The monoisotopic (exact) mass is 344 g/mol. The average Bonchev–Trinajstić information content (AvgIpc) is 3.07. The fourth-order valence-corrected chi connectivity index (χ4v) is 4.70. The molecule has 1 aromatic carbocycles. The van der Waals surface area contributed by atoms with Crippen LogP contribution in [-0.4, -0.2) is 56.1 Å². The molecule has 2 heterocycles. The molecule has 3 aliphatic rings. The Morgan fingerprint density at radius 1 is 1.20 bits per heavy atom. The van der Waals surface area contributed by atoms with Crippen molar-refractivity contribution in [2.45, 2.75) is 44.1 Å². The van der Waals surface area contributed by atoms with Gasteiger partial charge in [-0.3, -0.25) is 9.69 Å². The van der Waals surface area contributed by atoms with E-state index in [-0.39, 0.29) is 17.4 Å². The van der Waals surface area contributed by atoms with Gasteiger partial charge in [0.15, 0.2) is 11.5 Å². The molecule has 1 atom stereocenters. The lowest BCUT2D eigenvalue weighted by atomic mass is 9.71. The summed E-state index contributed by atoms with van der Waals surface area (Å²) < 4.78 is 11.7. The van der Waals surface area contributed by atoms with Gasteiger partial charge in [0, 0.05) is 32.1 Å². The predicted octanol–water partition coefficient (Wildman–Crippen LogP) is 2.73. The quantitative estimate of drug-likeness (QED) is 0.827. The van der Waals surface area contributed by atoms with Crippen molar-refractivity contribution in [1.29, 1.82) is 0 Å². The number of hydrogen-bond donors (Lipinski definition) is 0. The molecule has 1 amide bonds. The van der Waals surface area contributed by atoms with Gasteiger partial charge in [-0.25, -0.2) is 0 Å². The van der Waals surface area contributed by atoms with Crippen LogP contribution >= 0.6 is 0 Å². The lowest BCUT2D eigenvalue weighted by molar-refractivity contribution is -0.130. The molecule has 2 aliphatic heterocycles. The van der Waals surface area contributed by atoms with Crippen molar-refractivity contribution in [1.82, 2.24) is 9.80 Å². The minimum atomic E-state index is 0.157. The number of nitrogens with zero attached hydrogens (tertiary/aromatic N) is 2. The van der Waals surface area contributed by atoms with Crippen LogP contribution in [0.4, 0.5) is 0 Å². The molecule has 1 spiro atoms. The van der Waals surface area contributed by atoms with E-state index in [0.717, 1.165) is 18.0 Å². The molecule has 0 aromatic heterocycles. The minimum Gasteiger partial charge on any atom is -0.486 e. The first-order valence-corrected chi connectivity index (χ1v) is 9.38. The maximum Gasteiger partial charge on any atom is 0.236 e. The van der Waals surface area contributed by atoms with Crippen LogP contribution in [0.15, 0.2) is 12.1 Å². The molecular weight excluding hydrogens is 316 g/mol. The molecule has 1 aromatic rings. The van der Waals surface area contributed by atoms with E-state index in [1.807, 2.05) is 14.1 Å². The zero-order valence-corrected chi connectivity index (χ0v) is 15.5. The number of ether oxygens (including phenoxy) is 2. The average molecular weight is 344 g/mol. The number of fused-ring (bicyclic) bond motifs is 3. The normalized spacial score (nSPS) is 24.2. The molecule has 136 valence electrons. The highest BCUT2D eigenvalue weighted by molar-refractivity contribution is 5.77. The Morgan fingerprint density at radius 2 is 1.84 bits per heavy atom. The van der Waals surface area contributed by atoms with Crippen molar-refractivity contribution in [3.8, 4) is 11.5 Å². The second-order valence-corrected chi connectivity index (χ2v) is 7.94. The summed E-state index contributed by atoms with van der Waals surface area (Å²) in [6.07, 6.45) is 4.91. The topological polar surface area (TPSA) is 42.0 Å². The number of carbonyl (C=O) groups excluding carboxylic acids is 1. The first-order valence-electron chi connectivity index (χ1n) is 9.38. The van der Waals surface area contributed by atoms with Crippen LogP contribution < -0.4 is 9.47 Å². The summed E-state index contributed by atoms with van der Waals surface area (Å²) in [5.74, 6) is 1.91. The van der Waals surface area contributed by atoms with Gasteiger partial charge in [-0.1, -0.05) is 12.8 Å². The van der Waals surface area contributed by atoms with Crippen LogP contribution in [0, 0.1) is 0 Å². The molecule has 4 rings (SSSR count). The highest BCUT2D eigenvalue weighted by atomic mass is 16.6. The highest BCUT2D eigenvalue weighted by Gasteiger charge is 2.45. The number of hydrogen-bond acceptors (Lipinski definition) is 4. The second-order valence-electron chi connectivity index (χ2n) is 7.94. The third-order valence-corrected chi connectivity index (χ3v) is 6.19. The first kappa shape index (κ1) is 16.7. The molecule has 0 unspecified atom stereocenters. The number of benzene rings is 1. The third-order valence-electron chi connectivity index (χ3n) is 6.19. The van der Waals surface area contributed by atoms with Crippen molar-refractivity contribution in [2.24, 2.45) is 0 Å². The van der Waals surface area contributed by atoms with Gasteiger partial charge in [0.2, 0.25) is 5.91 Å². The Kier molecular flexibility index (Phi) is 4.14. The molecule has 1 saturated carbocycles. The molecule has 5 heteroatoms. The molecule has 0 N–H and O–H groups in total. The maximum absolute atomic E-state index is 12.3. The first-order chi connectivity index (χ1) is 12.0. The van der Waals surface area contributed by atoms with E-state index in [0.29, 0.717) is 19.8 Å². The fourth-order valence-electron chi connectivity index (χ4n) is 4.70. The molecule has 0 radical (unpaired) electrons. The smallest absolute Gasteiger partial charge is 0.236 e. The summed E-state index contributed by atoms with van der Waals surface area (Å²) in [6.45, 7) is 4.87. The molecule has 1 fully saturated rings. The third kappa shape index (κ3) is 2.78. The van der Waals surface area contributed by atoms with Gasteiger partial charge in [-0.05, 0) is 43.0 Å². The Bertz CT molecular complexity index is 680. The molecule has 0 bridgehead atoms. The number of rotatable bonds is 2. The van der Waals surface area contributed by atoms with Crippen molar-refractivity contribution in [3.05, 3.63) is 23.3 Å². The van der Waals surface area contributed by atoms with Crippen LogP contribution in [-0.2, 0) is 10.2 Å². The van der Waals surface area contributed by atoms with E-state index in [2.05, 4.69) is 24.0 Å². The summed E-state index contributed by atoms with van der Waals surface area (Å²) >= 11 is 0. The number of amides is 1. The summed E-state index contributed by atoms with van der Waals surface area (Å²) in [5, 5.41) is 0. The predicted molar refractivity (Wildman–Crippen MR) is 96.3 cm³/mol. The molecule has 1 aliphatic carbocycles. The molecule has 25 heavy (non-hydrogen) atoms. The van der Waals surface area contributed by atoms with Crippen molar-refractivity contribution < 1.29 is 14.3 Å². The van der Waals surface area contributed by atoms with E-state index in [1.165, 1.54) is 36.8 Å². The van der Waals surface area contributed by atoms with E-state index < -0.39 is 0 Å². The summed E-state index contributed by atoms with van der Waals surface area (Å²) in [6, 6.07) is 4.61. The Balaban J connectivity index is 1.75. The number of likely N-dealkylation sites (N-methyl/N-ethyl adjacent to an activating group) is 1. The van der Waals surface area contributed by atoms with Gasteiger partial charge in [0.25, 0.3) is 0 Å². The van der Waals surface area contributed by atoms with E-state index in [1.54, 1.807) is 4.90 Å². The van der Waals surface area contributed by atoms with Crippen LogP contribution in [0.25, 0.3) is 0 Å². The van der Waals surface area contributed by atoms with Crippen LogP contribution in [0.1, 0.15) is 49.8 Å². The SMILES string of the molecule is C[C@@H]1c2cc3c(cc2C2(CCCC2)CN1CC(=O)N(C)C)OCCO3. The zero-order valence-electron chi connectivity index (χ0n) is 15.5. The van der Waals surface area contributed by atoms with Gasteiger partial charge >= 0.3 is 0 Å². The standard InChI is InChI=1S/C20H28N2O3/c1-14-15-10-17-18(25-9-8-24-17)11-16(15)20(6-4-5-7-20)13-22(14)12-19(23)21(2)3/h10-11,14H,4-9,12-13H2,1-3H3/t14-/m1/s1. The highest BCUT2D eigenvalue weighted by Crippen LogP contribution is 2.51. The largest absolute Gasteiger partial charge is 0.486 e. The summed E-state index contributed by atoms with van der Waals surface area (Å²) in [4.78, 5) is 16.4. The summed E-state index contributed by atoms with van der Waals surface area (Å²) in [5.41, 5.74) is 2.89. The van der Waals surface area contributed by atoms with E-state index in [9.17, 15) is 4.79 Å². The lowest BCUT2D eigenvalue weighted by Gasteiger charge is -2.46. The molecular formula is C20H28N2O3. The Labute approximate surface area is 149 Å². The fraction of sp³-hybridized carbons (Fsp3) is 0.650. The van der Waals surface area contributed by atoms with Gasteiger partial charge in [0.1, 0.15) is 13.2 Å². The van der Waals surface area contributed by atoms with Gasteiger partial charge in [-0.2, -0.15) is 0 Å². The maximum atomic E-state index is 12.3. The number of carbonyl (C=O) groups is 1. The van der Waals surface area contributed by atoms with Crippen molar-refractivity contribution >= 4 is 5.91 Å². The summed E-state index contributed by atoms with van der Waals surface area (Å²) in [7, 11) is 3.66. The second kappa shape index (κ2) is 6.20. The van der Waals surface area contributed by atoms with E-state index >= 15 is 0 Å². The molecule has 5 nitrogen and oxygen atoms in total. The minimum absolute atomic E-state index is 0.157. The lowest BCUT2D eigenvalue weighted by Crippen LogP contribution is -2.49. The van der Waals surface area contributed by atoms with Crippen LogP contribution in [0.5, 0.6) is 11.5 Å². The van der Waals surface area contributed by atoms with E-state index in [4.69, 9.17) is 9.47 Å². The van der Waals surface area contributed by atoms with Crippen molar-refractivity contribution in [2.75, 3.05) is 40.4 Å². The zero-order chi connectivity index (χ0) is 17.6.